The first-order chi connectivity index (χ1) is 15.8. The Morgan fingerprint density at radius 3 is 2.21 bits per heavy atom. The van der Waals surface area contributed by atoms with Gasteiger partial charge in [0.25, 0.3) is 5.91 Å². The average molecular weight is 471 g/mol. The van der Waals surface area contributed by atoms with Crippen LogP contribution in [0.3, 0.4) is 0 Å². The van der Waals surface area contributed by atoms with E-state index in [9.17, 15) is 14.7 Å². The summed E-state index contributed by atoms with van der Waals surface area (Å²) in [6, 6.07) is 14.5. The molecule has 0 spiro atoms. The van der Waals surface area contributed by atoms with Gasteiger partial charge in [0.2, 0.25) is 0 Å². The first kappa shape index (κ1) is 23.9. The quantitative estimate of drug-likeness (QED) is 0.461. The van der Waals surface area contributed by atoms with Crippen LogP contribution in [-0.4, -0.2) is 35.1 Å². The van der Waals surface area contributed by atoms with Crippen LogP contribution in [0.1, 0.15) is 36.0 Å². The highest BCUT2D eigenvalue weighted by Crippen LogP contribution is 2.28. The minimum absolute atomic E-state index is 0.0995. The van der Waals surface area contributed by atoms with Crippen molar-refractivity contribution in [2.45, 2.75) is 26.0 Å². The Hall–Kier alpha value is -3.78. The minimum Gasteiger partial charge on any atom is -0.503 e. The second kappa shape index (κ2) is 10.7. The Bertz CT molecular complexity index is 1120. The summed E-state index contributed by atoms with van der Waals surface area (Å²) in [4.78, 5) is 28.7. The first-order valence-corrected chi connectivity index (χ1v) is 10.4. The second-order valence-corrected chi connectivity index (χ2v) is 7.55. The van der Waals surface area contributed by atoms with Gasteiger partial charge >= 0.3 is 5.97 Å². The number of halogens is 1. The molecule has 33 heavy (non-hydrogen) atoms. The topological polar surface area (TPSA) is 107 Å². The van der Waals surface area contributed by atoms with Gasteiger partial charge in [-0.3, -0.25) is 4.79 Å². The number of pyridine rings is 1. The van der Waals surface area contributed by atoms with Crippen LogP contribution in [0.5, 0.6) is 23.0 Å². The van der Waals surface area contributed by atoms with E-state index >= 15 is 0 Å². The molecule has 0 aliphatic heterocycles. The highest BCUT2D eigenvalue weighted by Gasteiger charge is 2.24. The van der Waals surface area contributed by atoms with Gasteiger partial charge in [0.1, 0.15) is 23.6 Å². The van der Waals surface area contributed by atoms with Crippen LogP contribution in [0, 0.1) is 0 Å². The van der Waals surface area contributed by atoms with E-state index in [0.717, 1.165) is 5.56 Å². The molecule has 9 heteroatoms. The number of hydrogen-bond donors (Lipinski definition) is 2. The predicted molar refractivity (Wildman–Crippen MR) is 122 cm³/mol. The molecule has 0 fully saturated rings. The van der Waals surface area contributed by atoms with E-state index in [4.69, 9.17) is 25.8 Å². The monoisotopic (exact) mass is 470 g/mol. The molecule has 1 heterocycles. The summed E-state index contributed by atoms with van der Waals surface area (Å²) >= 11 is 5.87. The van der Waals surface area contributed by atoms with Crippen LogP contribution >= 0.6 is 11.6 Å². The largest absolute Gasteiger partial charge is 0.503 e. The Balaban J connectivity index is 1.57. The number of hydrogen-bond acceptors (Lipinski definition) is 7. The van der Waals surface area contributed by atoms with Crippen molar-refractivity contribution >= 4 is 23.5 Å². The van der Waals surface area contributed by atoms with Gasteiger partial charge in [0.05, 0.1) is 7.11 Å². The van der Waals surface area contributed by atoms with Gasteiger partial charge in [-0.25, -0.2) is 9.78 Å². The van der Waals surface area contributed by atoms with Gasteiger partial charge in [-0.05, 0) is 55.8 Å². The molecule has 1 amide bonds. The number of benzene rings is 2. The number of carbonyl (C=O) groups is 2. The summed E-state index contributed by atoms with van der Waals surface area (Å²) in [7, 11) is 1.36. The van der Waals surface area contributed by atoms with E-state index in [1.807, 2.05) is 0 Å². The number of rotatable bonds is 8. The second-order valence-electron chi connectivity index (χ2n) is 7.11. The Morgan fingerprint density at radius 2 is 1.61 bits per heavy atom. The molecular formula is C24H23ClN2O6. The highest BCUT2D eigenvalue weighted by atomic mass is 35.5. The molecule has 2 aromatic carbocycles. The molecule has 172 valence electrons. The normalized spacial score (nSPS) is 12.4. The molecule has 0 saturated heterocycles. The Labute approximate surface area is 196 Å². The van der Waals surface area contributed by atoms with Crippen LogP contribution < -0.4 is 14.8 Å². The number of amides is 1. The lowest BCUT2D eigenvalue weighted by Gasteiger charge is -2.18. The molecular weight excluding hydrogens is 448 g/mol. The third-order valence-corrected chi connectivity index (χ3v) is 4.97. The minimum atomic E-state index is -0.972. The van der Waals surface area contributed by atoms with Crippen molar-refractivity contribution in [3.63, 3.8) is 0 Å². The summed E-state index contributed by atoms with van der Waals surface area (Å²) < 4.78 is 16.2. The van der Waals surface area contributed by atoms with E-state index < -0.39 is 29.8 Å². The van der Waals surface area contributed by atoms with Crippen molar-refractivity contribution in [3.8, 4) is 23.0 Å². The Kier molecular flexibility index (Phi) is 7.74. The molecule has 0 radical (unpaired) electrons. The fourth-order valence-corrected chi connectivity index (χ4v) is 3.01. The zero-order valence-corrected chi connectivity index (χ0v) is 19.0. The number of aromatic nitrogens is 1. The first-order valence-electron chi connectivity index (χ1n) is 10.0. The van der Waals surface area contributed by atoms with Crippen molar-refractivity contribution < 1.29 is 28.9 Å². The predicted octanol–water partition coefficient (Wildman–Crippen LogP) is 4.66. The maximum Gasteiger partial charge on any atom is 0.328 e. The number of nitrogens with one attached hydrogen (secondary N) is 1. The Morgan fingerprint density at radius 1 is 1.00 bits per heavy atom. The van der Waals surface area contributed by atoms with Gasteiger partial charge in [0.15, 0.2) is 17.2 Å². The summed E-state index contributed by atoms with van der Waals surface area (Å²) in [6.45, 7) is 3.20. The van der Waals surface area contributed by atoms with Crippen LogP contribution in [-0.2, 0) is 9.53 Å². The SMILES string of the molecule is COc1ccnc(C(=O)N[C@@H](C)C(=O)O[C@@H](C)c2ccc(Oc3ccc(Cl)cc3)cc2)c1O. The number of nitrogens with zero attached hydrogens (tertiary/aromatic N) is 1. The molecule has 1 aromatic heterocycles. The van der Waals surface area contributed by atoms with Crippen LogP contribution in [0.15, 0.2) is 60.8 Å². The third kappa shape index (κ3) is 6.14. The number of methoxy groups -OCH3 is 1. The van der Waals surface area contributed by atoms with Crippen molar-refractivity contribution in [1.29, 1.82) is 0 Å². The van der Waals surface area contributed by atoms with Crippen molar-refractivity contribution in [3.05, 3.63) is 77.1 Å². The molecule has 0 unspecified atom stereocenters. The standard InChI is InChI=1S/C24H23ClN2O6/c1-14(27-23(29)21-22(28)20(31-3)12-13-26-21)24(30)32-15(2)16-4-8-18(9-5-16)33-19-10-6-17(25)7-11-19/h4-15,28H,1-3H3,(H,27,29)/t14-,15-/m0/s1. The zero-order chi connectivity index (χ0) is 24.0. The lowest BCUT2D eigenvalue weighted by atomic mass is 10.1. The third-order valence-electron chi connectivity index (χ3n) is 4.72. The molecule has 2 atom stereocenters. The lowest BCUT2D eigenvalue weighted by molar-refractivity contribution is -0.150. The van der Waals surface area contributed by atoms with E-state index in [1.54, 1.807) is 55.5 Å². The summed E-state index contributed by atoms with van der Waals surface area (Å²) in [5, 5.41) is 13.1. The number of esters is 1. The van der Waals surface area contributed by atoms with Gasteiger partial charge < -0.3 is 24.6 Å². The fourth-order valence-electron chi connectivity index (χ4n) is 2.88. The fraction of sp³-hybridized carbons (Fsp3) is 0.208. The van der Waals surface area contributed by atoms with Crippen molar-refractivity contribution in [2.24, 2.45) is 0 Å². The van der Waals surface area contributed by atoms with Gasteiger partial charge in [-0.15, -0.1) is 0 Å². The molecule has 3 rings (SSSR count). The molecule has 0 aliphatic carbocycles. The van der Waals surface area contributed by atoms with Crippen LogP contribution in [0.2, 0.25) is 5.02 Å². The maximum atomic E-state index is 12.5. The number of aromatic hydroxyl groups is 1. The van der Waals surface area contributed by atoms with E-state index in [0.29, 0.717) is 16.5 Å². The molecule has 2 N–H and O–H groups in total. The number of carbonyl (C=O) groups excluding carboxylic acids is 2. The molecule has 3 aromatic rings. The van der Waals surface area contributed by atoms with E-state index in [1.165, 1.54) is 26.3 Å². The molecule has 0 bridgehead atoms. The lowest BCUT2D eigenvalue weighted by Crippen LogP contribution is -2.40. The van der Waals surface area contributed by atoms with Gasteiger partial charge in [-0.1, -0.05) is 23.7 Å². The van der Waals surface area contributed by atoms with E-state index in [-0.39, 0.29) is 11.4 Å². The van der Waals surface area contributed by atoms with Gasteiger partial charge in [-0.2, -0.15) is 0 Å². The van der Waals surface area contributed by atoms with E-state index in [2.05, 4.69) is 10.3 Å². The van der Waals surface area contributed by atoms with Crippen molar-refractivity contribution in [1.82, 2.24) is 10.3 Å². The summed E-state index contributed by atoms with van der Waals surface area (Å²) in [6.07, 6.45) is 0.753. The average Bonchev–Trinajstić information content (AvgIpc) is 2.81. The zero-order valence-electron chi connectivity index (χ0n) is 18.2. The van der Waals surface area contributed by atoms with Crippen LogP contribution in [0.25, 0.3) is 0 Å². The molecule has 0 aliphatic rings. The molecule has 8 nitrogen and oxygen atoms in total. The molecule has 0 saturated carbocycles. The van der Waals surface area contributed by atoms with Gasteiger partial charge in [0, 0.05) is 17.3 Å². The van der Waals surface area contributed by atoms with Crippen molar-refractivity contribution in [2.75, 3.05) is 7.11 Å². The summed E-state index contributed by atoms with van der Waals surface area (Å²) in [5.41, 5.74) is 0.496. The number of ether oxygens (including phenoxy) is 3. The van der Waals surface area contributed by atoms with Crippen LogP contribution in [0.4, 0.5) is 0 Å². The highest BCUT2D eigenvalue weighted by molar-refractivity contribution is 6.30. The summed E-state index contributed by atoms with van der Waals surface area (Å²) in [5.74, 6) is -0.416. The smallest absolute Gasteiger partial charge is 0.328 e. The maximum absolute atomic E-state index is 12.5.